The summed E-state index contributed by atoms with van der Waals surface area (Å²) in [6, 6.07) is 1.74. The van der Waals surface area contributed by atoms with Gasteiger partial charge in [-0.1, -0.05) is 0 Å². The number of carbonyl (C=O) groups excluding carboxylic acids is 1. The summed E-state index contributed by atoms with van der Waals surface area (Å²) in [5, 5.41) is 11.7. The van der Waals surface area contributed by atoms with Crippen molar-refractivity contribution in [1.29, 1.82) is 0 Å². The number of carbonyl (C=O) groups is 2. The van der Waals surface area contributed by atoms with Crippen LogP contribution in [0.3, 0.4) is 0 Å². The van der Waals surface area contributed by atoms with Gasteiger partial charge in [-0.05, 0) is 30.9 Å². The molecule has 108 valence electrons. The van der Waals surface area contributed by atoms with Gasteiger partial charge in [0, 0.05) is 12.8 Å². The highest BCUT2D eigenvalue weighted by atomic mass is 16.5. The molecule has 0 spiro atoms. The zero-order valence-electron chi connectivity index (χ0n) is 11.2. The van der Waals surface area contributed by atoms with Gasteiger partial charge in [-0.15, -0.1) is 0 Å². The number of nitrogens with one attached hydrogen (secondary N) is 1. The van der Waals surface area contributed by atoms with Crippen molar-refractivity contribution in [1.82, 2.24) is 4.98 Å². The van der Waals surface area contributed by atoms with Crippen LogP contribution in [0.15, 0.2) is 6.07 Å². The molecular weight excluding hydrogens is 262 g/mol. The van der Waals surface area contributed by atoms with E-state index in [9.17, 15) is 9.59 Å². The number of hydrogen-bond donors (Lipinski definition) is 3. The van der Waals surface area contributed by atoms with Crippen LogP contribution in [0.4, 0.5) is 5.82 Å². The Morgan fingerprint density at radius 1 is 1.55 bits per heavy atom. The lowest BCUT2D eigenvalue weighted by Gasteiger charge is -2.15. The fourth-order valence-electron chi connectivity index (χ4n) is 2.26. The molecule has 1 unspecified atom stereocenters. The number of hydrogen-bond acceptors (Lipinski definition) is 5. The van der Waals surface area contributed by atoms with Gasteiger partial charge in [0.2, 0.25) is 0 Å². The molecule has 0 saturated heterocycles. The molecule has 1 aromatic heterocycles. The first kappa shape index (κ1) is 14.3. The van der Waals surface area contributed by atoms with Gasteiger partial charge in [-0.2, -0.15) is 0 Å². The zero-order chi connectivity index (χ0) is 14.7. The predicted octanol–water partition coefficient (Wildman–Crippen LogP) is 0.181. The minimum Gasteiger partial charge on any atom is -0.479 e. The number of nitrogens with zero attached hydrogens (tertiary/aromatic N) is 1. The fraction of sp³-hybridized carbons (Fsp3) is 0.462. The lowest BCUT2D eigenvalue weighted by atomic mass is 10.1. The largest absolute Gasteiger partial charge is 0.479 e. The number of aliphatic carboxylic acids is 1. The van der Waals surface area contributed by atoms with Gasteiger partial charge in [0.05, 0.1) is 12.1 Å². The second kappa shape index (κ2) is 5.87. The summed E-state index contributed by atoms with van der Waals surface area (Å²) in [5.74, 6) is -1.35. The van der Waals surface area contributed by atoms with E-state index in [1.807, 2.05) is 0 Å². The number of pyridine rings is 1. The Kier molecular flexibility index (Phi) is 4.19. The summed E-state index contributed by atoms with van der Waals surface area (Å²) >= 11 is 0. The standard InChI is InChI=1S/C13H17N3O4/c1-20-10(13(18)19)6-15-12-8(11(14)17)5-7-3-2-4-9(7)16-12/h5,10H,2-4,6H2,1H3,(H2,14,17)(H,15,16)(H,18,19). The van der Waals surface area contributed by atoms with Crippen LogP contribution in [0.5, 0.6) is 0 Å². The number of carboxylic acids is 1. The first-order chi connectivity index (χ1) is 9.52. The number of aryl methyl sites for hydroxylation is 2. The molecule has 1 aliphatic carbocycles. The number of ether oxygens (including phenoxy) is 1. The topological polar surface area (TPSA) is 115 Å². The molecule has 0 bridgehead atoms. The van der Waals surface area contributed by atoms with E-state index < -0.39 is 18.0 Å². The average molecular weight is 279 g/mol. The van der Waals surface area contributed by atoms with Gasteiger partial charge < -0.3 is 20.9 Å². The maximum absolute atomic E-state index is 11.5. The summed E-state index contributed by atoms with van der Waals surface area (Å²) in [6.07, 6.45) is 1.74. The molecule has 1 aliphatic rings. The minimum atomic E-state index is -1.08. The number of nitrogens with two attached hydrogens (primary N) is 1. The van der Waals surface area contributed by atoms with E-state index >= 15 is 0 Å². The molecule has 1 heterocycles. The lowest BCUT2D eigenvalue weighted by molar-refractivity contribution is -0.147. The van der Waals surface area contributed by atoms with Crippen molar-refractivity contribution in [2.75, 3.05) is 19.0 Å². The van der Waals surface area contributed by atoms with Crippen molar-refractivity contribution in [3.63, 3.8) is 0 Å². The first-order valence-corrected chi connectivity index (χ1v) is 6.35. The summed E-state index contributed by atoms with van der Waals surface area (Å²) in [5.41, 5.74) is 7.59. The highest BCUT2D eigenvalue weighted by molar-refractivity contribution is 5.98. The molecule has 0 aliphatic heterocycles. The van der Waals surface area contributed by atoms with Crippen molar-refractivity contribution in [2.45, 2.75) is 25.4 Å². The molecule has 1 amide bonds. The van der Waals surface area contributed by atoms with E-state index in [2.05, 4.69) is 10.3 Å². The smallest absolute Gasteiger partial charge is 0.334 e. The SMILES string of the molecule is COC(CNc1nc2c(cc1C(N)=O)CCC2)C(=O)O. The Bertz CT molecular complexity index is 545. The monoisotopic (exact) mass is 279 g/mol. The first-order valence-electron chi connectivity index (χ1n) is 6.35. The van der Waals surface area contributed by atoms with Gasteiger partial charge >= 0.3 is 5.97 Å². The molecule has 0 fully saturated rings. The Hall–Kier alpha value is -2.15. The second-order valence-corrected chi connectivity index (χ2v) is 4.65. The van der Waals surface area contributed by atoms with Crippen LogP contribution in [-0.2, 0) is 22.4 Å². The van der Waals surface area contributed by atoms with E-state index in [-0.39, 0.29) is 12.1 Å². The third kappa shape index (κ3) is 2.88. The number of rotatable bonds is 6. The molecule has 7 nitrogen and oxygen atoms in total. The van der Waals surface area contributed by atoms with Crippen LogP contribution in [0.25, 0.3) is 0 Å². The molecule has 2 rings (SSSR count). The third-order valence-corrected chi connectivity index (χ3v) is 3.33. The second-order valence-electron chi connectivity index (χ2n) is 4.65. The van der Waals surface area contributed by atoms with Crippen molar-refractivity contribution in [3.05, 3.63) is 22.9 Å². The Morgan fingerprint density at radius 2 is 2.30 bits per heavy atom. The van der Waals surface area contributed by atoms with E-state index in [1.165, 1.54) is 7.11 Å². The molecule has 1 aromatic rings. The average Bonchev–Trinajstić information content (AvgIpc) is 2.84. The summed E-state index contributed by atoms with van der Waals surface area (Å²) in [6.45, 7) is 0.0118. The summed E-state index contributed by atoms with van der Waals surface area (Å²) in [7, 11) is 1.31. The predicted molar refractivity (Wildman–Crippen MR) is 71.7 cm³/mol. The Labute approximate surface area is 116 Å². The molecule has 20 heavy (non-hydrogen) atoms. The number of primary amides is 1. The molecule has 0 radical (unpaired) electrons. The molecular formula is C13H17N3O4. The third-order valence-electron chi connectivity index (χ3n) is 3.33. The van der Waals surface area contributed by atoms with Crippen LogP contribution < -0.4 is 11.1 Å². The van der Waals surface area contributed by atoms with Crippen molar-refractivity contribution >= 4 is 17.7 Å². The zero-order valence-corrected chi connectivity index (χ0v) is 11.2. The quantitative estimate of drug-likeness (QED) is 0.684. The van der Waals surface area contributed by atoms with Crippen molar-refractivity contribution in [3.8, 4) is 0 Å². The van der Waals surface area contributed by atoms with Crippen molar-refractivity contribution < 1.29 is 19.4 Å². The number of aromatic nitrogens is 1. The van der Waals surface area contributed by atoms with Crippen LogP contribution in [0, 0.1) is 0 Å². The van der Waals surface area contributed by atoms with Gasteiger partial charge in [0.1, 0.15) is 5.82 Å². The molecule has 4 N–H and O–H groups in total. The normalized spacial score (nSPS) is 14.7. The van der Waals surface area contributed by atoms with Crippen LogP contribution >= 0.6 is 0 Å². The van der Waals surface area contributed by atoms with Gasteiger partial charge in [-0.25, -0.2) is 9.78 Å². The summed E-state index contributed by atoms with van der Waals surface area (Å²) in [4.78, 5) is 26.7. The molecule has 1 atom stereocenters. The lowest BCUT2D eigenvalue weighted by Crippen LogP contribution is -2.31. The number of amides is 1. The van der Waals surface area contributed by atoms with Gasteiger partial charge in [0.25, 0.3) is 5.91 Å². The van der Waals surface area contributed by atoms with Gasteiger partial charge in [-0.3, -0.25) is 4.79 Å². The summed E-state index contributed by atoms with van der Waals surface area (Å²) < 4.78 is 4.82. The van der Waals surface area contributed by atoms with Crippen molar-refractivity contribution in [2.24, 2.45) is 5.73 Å². The maximum atomic E-state index is 11.5. The number of methoxy groups -OCH3 is 1. The Morgan fingerprint density at radius 3 is 2.90 bits per heavy atom. The minimum absolute atomic E-state index is 0.0118. The van der Waals surface area contributed by atoms with E-state index in [0.29, 0.717) is 5.82 Å². The number of carboxylic acid groups (broad SMARTS) is 1. The van der Waals surface area contributed by atoms with E-state index in [1.54, 1.807) is 6.07 Å². The van der Waals surface area contributed by atoms with Crippen LogP contribution in [0.2, 0.25) is 0 Å². The van der Waals surface area contributed by atoms with Gasteiger partial charge in [0.15, 0.2) is 6.10 Å². The highest BCUT2D eigenvalue weighted by Crippen LogP contribution is 2.25. The molecule has 7 heteroatoms. The van der Waals surface area contributed by atoms with E-state index in [4.69, 9.17) is 15.6 Å². The molecule has 0 saturated carbocycles. The number of fused-ring (bicyclic) bond motifs is 1. The van der Waals surface area contributed by atoms with Crippen LogP contribution in [0.1, 0.15) is 28.0 Å². The number of anilines is 1. The maximum Gasteiger partial charge on any atom is 0.334 e. The molecule has 0 aromatic carbocycles. The highest BCUT2D eigenvalue weighted by Gasteiger charge is 2.21. The van der Waals surface area contributed by atoms with Crippen LogP contribution in [-0.4, -0.2) is 41.7 Å². The fourth-order valence-corrected chi connectivity index (χ4v) is 2.26. The Balaban J connectivity index is 2.22. The van der Waals surface area contributed by atoms with E-state index in [0.717, 1.165) is 30.5 Å².